The number of benzene rings is 2. The number of para-hydroxylation sites is 1. The number of Topliss-reactive ketones (excluding diaryl/α,β-unsaturated/α-hetero) is 1. The van der Waals surface area contributed by atoms with Crippen molar-refractivity contribution in [1.29, 1.82) is 0 Å². The maximum Gasteiger partial charge on any atom is 0.310 e. The summed E-state index contributed by atoms with van der Waals surface area (Å²) in [4.78, 5) is 23.8. The van der Waals surface area contributed by atoms with Gasteiger partial charge in [-0.05, 0) is 24.6 Å². The summed E-state index contributed by atoms with van der Waals surface area (Å²) in [5.41, 5.74) is 1.06. The van der Waals surface area contributed by atoms with Crippen LogP contribution < -0.4 is 9.67 Å². The minimum Gasteiger partial charge on any atom is -0.870 e. The first-order chi connectivity index (χ1) is 14.4. The number of carbonyl (C=O) groups excluding carboxylic acids is 2. The van der Waals surface area contributed by atoms with Crippen LogP contribution in [0, 0.1) is 0 Å². The number of nitrogens with zero attached hydrogens (tertiary/aromatic N) is 3. The van der Waals surface area contributed by atoms with Crippen LogP contribution in [0.3, 0.4) is 0 Å². The molecule has 0 amide bonds. The molecule has 0 unspecified atom stereocenters. The molecule has 0 radical (unpaired) electrons. The van der Waals surface area contributed by atoms with Crippen molar-refractivity contribution in [3.05, 3.63) is 84.1 Å². The number of rotatable bonds is 6. The first-order valence-electron chi connectivity index (χ1n) is 9.28. The molecular weight excluding hydrogens is 382 g/mol. The molecule has 0 aliphatic heterocycles. The second-order valence-corrected chi connectivity index (χ2v) is 6.57. The molecule has 0 bridgehead atoms. The molecule has 1 heterocycles. The quantitative estimate of drug-likeness (QED) is 0.273. The molecule has 0 saturated carbocycles. The van der Waals surface area contributed by atoms with Gasteiger partial charge in [0.05, 0.1) is 11.2 Å². The van der Waals surface area contributed by atoms with Crippen LogP contribution in [-0.4, -0.2) is 21.5 Å². The lowest BCUT2D eigenvalue weighted by Gasteiger charge is -2.16. The molecule has 0 aliphatic carbocycles. The Morgan fingerprint density at radius 3 is 2.17 bits per heavy atom. The van der Waals surface area contributed by atoms with E-state index in [0.717, 1.165) is 5.69 Å². The van der Waals surface area contributed by atoms with Gasteiger partial charge in [-0.25, -0.2) is 0 Å². The van der Waals surface area contributed by atoms with Gasteiger partial charge in [0.2, 0.25) is 6.33 Å². The third-order valence-corrected chi connectivity index (χ3v) is 4.17. The number of esters is 1. The van der Waals surface area contributed by atoms with Crippen LogP contribution in [0.25, 0.3) is 23.2 Å². The largest absolute Gasteiger partial charge is 0.870 e. The van der Waals surface area contributed by atoms with Crippen molar-refractivity contribution in [2.24, 2.45) is 0 Å². The molecule has 7 heteroatoms. The van der Waals surface area contributed by atoms with Crippen LogP contribution in [0.1, 0.15) is 32.2 Å². The fourth-order valence-corrected chi connectivity index (χ4v) is 2.93. The molecule has 0 spiro atoms. The molecule has 152 valence electrons. The minimum absolute atomic E-state index is 0.0646. The van der Waals surface area contributed by atoms with Crippen LogP contribution in [-0.2, 0) is 14.3 Å². The highest BCUT2D eigenvalue weighted by atomic mass is 16.5. The normalized spacial score (nSPS) is 12.3. The SMILES string of the molecule is CC(=O)O/C(C)=C/c1nn(-c2ccccc2)c[n+]1/C(C(C)=O)=C(/[O-])c1ccccc1. The summed E-state index contributed by atoms with van der Waals surface area (Å²) in [6.45, 7) is 4.22. The Hall–Kier alpha value is -4.00. The van der Waals surface area contributed by atoms with E-state index in [-0.39, 0.29) is 17.3 Å². The third-order valence-electron chi connectivity index (χ3n) is 4.17. The smallest absolute Gasteiger partial charge is 0.310 e. The standard InChI is InChI=1S/C23H21N3O4/c1-16(30-18(3)28)14-21-24-26(20-12-8-5-9-13-20)15-25(21)22(17(2)27)23(29)19-10-6-4-7-11-19/h4-15H,1-3H3/b16-14+. The number of hydrogen-bond acceptors (Lipinski definition) is 5. The van der Waals surface area contributed by atoms with Gasteiger partial charge in [0, 0.05) is 13.8 Å². The number of carbonyl (C=O) groups is 2. The molecule has 7 nitrogen and oxygen atoms in total. The van der Waals surface area contributed by atoms with Gasteiger partial charge >= 0.3 is 11.8 Å². The predicted octanol–water partition coefficient (Wildman–Crippen LogP) is 2.36. The zero-order valence-corrected chi connectivity index (χ0v) is 16.9. The van der Waals surface area contributed by atoms with Gasteiger partial charge in [-0.3, -0.25) is 9.59 Å². The first kappa shape index (κ1) is 20.7. The predicted molar refractivity (Wildman–Crippen MR) is 109 cm³/mol. The van der Waals surface area contributed by atoms with Gasteiger partial charge in [-0.15, -0.1) is 0 Å². The van der Waals surface area contributed by atoms with Crippen molar-refractivity contribution >= 4 is 29.3 Å². The van der Waals surface area contributed by atoms with Crippen LogP contribution >= 0.6 is 0 Å². The Morgan fingerprint density at radius 2 is 1.60 bits per heavy atom. The van der Waals surface area contributed by atoms with Gasteiger partial charge < -0.3 is 9.84 Å². The van der Waals surface area contributed by atoms with Crippen molar-refractivity contribution in [1.82, 2.24) is 9.78 Å². The van der Waals surface area contributed by atoms with Gasteiger partial charge in [0.25, 0.3) is 0 Å². The molecular formula is C23H21N3O4. The first-order valence-corrected chi connectivity index (χ1v) is 9.28. The minimum atomic E-state index is -0.478. The Labute approximate surface area is 174 Å². The monoisotopic (exact) mass is 403 g/mol. The van der Waals surface area contributed by atoms with Gasteiger partial charge in [-0.2, -0.15) is 4.57 Å². The highest BCUT2D eigenvalue weighted by Crippen LogP contribution is 2.16. The third kappa shape index (κ3) is 4.70. The Kier molecular flexibility index (Phi) is 6.22. The Bertz CT molecular complexity index is 1130. The van der Waals surface area contributed by atoms with Gasteiger partial charge in [0.15, 0.2) is 5.78 Å². The molecule has 30 heavy (non-hydrogen) atoms. The number of allylic oxidation sites excluding steroid dienone is 2. The molecule has 2 aromatic carbocycles. The summed E-state index contributed by atoms with van der Waals surface area (Å²) in [5, 5.41) is 17.6. The van der Waals surface area contributed by atoms with Crippen molar-refractivity contribution in [3.8, 4) is 5.69 Å². The number of hydrogen-bond donors (Lipinski definition) is 0. The summed E-state index contributed by atoms with van der Waals surface area (Å²) in [7, 11) is 0. The van der Waals surface area contributed by atoms with Crippen LogP contribution in [0.4, 0.5) is 0 Å². The van der Waals surface area contributed by atoms with E-state index < -0.39 is 17.5 Å². The number of ether oxygens (including phenoxy) is 1. The van der Waals surface area contributed by atoms with Crippen molar-refractivity contribution in [2.45, 2.75) is 20.8 Å². The van der Waals surface area contributed by atoms with Crippen LogP contribution in [0.15, 0.2) is 72.8 Å². The van der Waals surface area contributed by atoms with E-state index in [0.29, 0.717) is 5.56 Å². The second-order valence-electron chi connectivity index (χ2n) is 6.57. The van der Waals surface area contributed by atoms with E-state index in [2.05, 4.69) is 5.10 Å². The van der Waals surface area contributed by atoms with E-state index in [1.54, 1.807) is 48.3 Å². The van der Waals surface area contributed by atoms with Crippen LogP contribution in [0.2, 0.25) is 0 Å². The zero-order chi connectivity index (χ0) is 21.7. The van der Waals surface area contributed by atoms with E-state index in [1.807, 2.05) is 30.3 Å². The second kappa shape index (κ2) is 9.00. The van der Waals surface area contributed by atoms with Gasteiger partial charge in [-0.1, -0.05) is 59.0 Å². The summed E-state index contributed by atoms with van der Waals surface area (Å²) < 4.78 is 8.05. The number of ketones is 1. The molecule has 0 N–H and O–H groups in total. The van der Waals surface area contributed by atoms with Crippen molar-refractivity contribution in [3.63, 3.8) is 0 Å². The maximum atomic E-state index is 13.1. The Morgan fingerprint density at radius 1 is 1.00 bits per heavy atom. The van der Waals surface area contributed by atoms with Crippen LogP contribution in [0.5, 0.6) is 0 Å². The van der Waals surface area contributed by atoms with E-state index >= 15 is 0 Å². The molecule has 0 atom stereocenters. The molecule has 0 fully saturated rings. The lowest BCUT2D eigenvalue weighted by Crippen LogP contribution is -2.39. The Balaban J connectivity index is 2.23. The zero-order valence-electron chi connectivity index (χ0n) is 16.9. The fraction of sp³-hybridized carbons (Fsp3) is 0.130. The lowest BCUT2D eigenvalue weighted by atomic mass is 10.1. The van der Waals surface area contributed by atoms with E-state index in [4.69, 9.17) is 4.74 Å². The molecule has 3 rings (SSSR count). The average molecular weight is 403 g/mol. The summed E-state index contributed by atoms with van der Waals surface area (Å²) in [6.07, 6.45) is 3.06. The summed E-state index contributed by atoms with van der Waals surface area (Å²) in [6, 6.07) is 17.8. The number of aromatic nitrogens is 3. The maximum absolute atomic E-state index is 13.1. The summed E-state index contributed by atoms with van der Waals surface area (Å²) >= 11 is 0. The summed E-state index contributed by atoms with van der Waals surface area (Å²) in [5.74, 6) is -0.771. The van der Waals surface area contributed by atoms with E-state index in [1.165, 1.54) is 24.5 Å². The van der Waals surface area contributed by atoms with E-state index in [9.17, 15) is 14.7 Å². The molecule has 3 aromatic rings. The fourth-order valence-electron chi connectivity index (χ4n) is 2.93. The molecule has 1 aromatic heterocycles. The van der Waals surface area contributed by atoms with Crippen molar-refractivity contribution in [2.75, 3.05) is 0 Å². The van der Waals surface area contributed by atoms with Gasteiger partial charge in [0.1, 0.15) is 17.1 Å². The highest BCUT2D eigenvalue weighted by molar-refractivity contribution is 6.16. The topological polar surface area (TPSA) is 88.1 Å². The molecule has 0 aliphatic rings. The average Bonchev–Trinajstić information content (AvgIpc) is 3.11. The van der Waals surface area contributed by atoms with Crippen molar-refractivity contribution < 1.29 is 24.0 Å². The highest BCUT2D eigenvalue weighted by Gasteiger charge is 2.24. The molecule has 0 saturated heterocycles. The lowest BCUT2D eigenvalue weighted by molar-refractivity contribution is -0.582.